The Kier molecular flexibility index (Phi) is 7.84. The number of aryl methyl sites for hydroxylation is 1. The van der Waals surface area contributed by atoms with E-state index in [2.05, 4.69) is 6.07 Å². The Morgan fingerprint density at radius 3 is 2.59 bits per heavy atom. The molecule has 0 spiro atoms. The highest BCUT2D eigenvalue weighted by Gasteiger charge is 2.34. The number of carbonyl (C=O) groups excluding carboxylic acids is 1. The van der Waals surface area contributed by atoms with E-state index in [9.17, 15) is 4.79 Å². The number of amides is 1. The van der Waals surface area contributed by atoms with Crippen molar-refractivity contribution in [2.24, 2.45) is 0 Å². The lowest BCUT2D eigenvalue weighted by Gasteiger charge is -2.16. The van der Waals surface area contributed by atoms with Crippen molar-refractivity contribution in [1.82, 2.24) is 0 Å². The van der Waals surface area contributed by atoms with Gasteiger partial charge in [-0.25, -0.2) is 0 Å². The SMILES string of the molecule is CCOc1cc(/C=C2/SC(=S)N(c3ccc(Cl)cc3Cl)C2=O)ccc1OCc1cccc(C)c1. The molecular formula is C26H21Cl2NO3S2. The zero-order valence-electron chi connectivity index (χ0n) is 18.5. The van der Waals surface area contributed by atoms with Gasteiger partial charge in [-0.1, -0.05) is 83.1 Å². The minimum atomic E-state index is -0.239. The molecule has 1 fully saturated rings. The van der Waals surface area contributed by atoms with Crippen molar-refractivity contribution in [3.63, 3.8) is 0 Å². The van der Waals surface area contributed by atoms with E-state index in [4.69, 9.17) is 44.9 Å². The lowest BCUT2D eigenvalue weighted by atomic mass is 10.1. The second-order valence-electron chi connectivity index (χ2n) is 7.53. The van der Waals surface area contributed by atoms with E-state index < -0.39 is 0 Å². The predicted octanol–water partition coefficient (Wildman–Crippen LogP) is 7.69. The second kappa shape index (κ2) is 10.8. The van der Waals surface area contributed by atoms with E-state index >= 15 is 0 Å². The number of halogens is 2. The number of carbonyl (C=O) groups is 1. The van der Waals surface area contributed by atoms with Gasteiger partial charge in [-0.2, -0.15) is 0 Å². The summed E-state index contributed by atoms with van der Waals surface area (Å²) in [4.78, 5) is 15.0. The summed E-state index contributed by atoms with van der Waals surface area (Å²) >= 11 is 19.0. The van der Waals surface area contributed by atoms with Crippen LogP contribution >= 0.6 is 47.2 Å². The number of hydrogen-bond donors (Lipinski definition) is 0. The van der Waals surface area contributed by atoms with Crippen molar-refractivity contribution in [3.05, 3.63) is 92.3 Å². The molecule has 0 bridgehead atoms. The third kappa shape index (κ3) is 5.58. The van der Waals surface area contributed by atoms with Crippen LogP contribution in [0.15, 0.2) is 65.6 Å². The first-order valence-electron chi connectivity index (χ1n) is 10.5. The maximum Gasteiger partial charge on any atom is 0.270 e. The summed E-state index contributed by atoms with van der Waals surface area (Å²) in [7, 11) is 0. The van der Waals surface area contributed by atoms with Crippen LogP contribution in [-0.4, -0.2) is 16.8 Å². The topological polar surface area (TPSA) is 38.8 Å². The van der Waals surface area contributed by atoms with Crippen molar-refractivity contribution in [2.75, 3.05) is 11.5 Å². The summed E-state index contributed by atoms with van der Waals surface area (Å²) in [5.41, 5.74) is 3.57. The van der Waals surface area contributed by atoms with Crippen LogP contribution in [0.2, 0.25) is 10.0 Å². The summed E-state index contributed by atoms with van der Waals surface area (Å²) in [5.74, 6) is 1.01. The predicted molar refractivity (Wildman–Crippen MR) is 145 cm³/mol. The van der Waals surface area contributed by atoms with Crippen LogP contribution in [0.25, 0.3) is 6.08 Å². The zero-order valence-corrected chi connectivity index (χ0v) is 21.7. The Balaban J connectivity index is 1.56. The molecule has 1 aliphatic heterocycles. The smallest absolute Gasteiger partial charge is 0.270 e. The number of hydrogen-bond acceptors (Lipinski definition) is 5. The van der Waals surface area contributed by atoms with Gasteiger partial charge < -0.3 is 9.47 Å². The number of rotatable bonds is 7. The van der Waals surface area contributed by atoms with Crippen LogP contribution in [0, 0.1) is 6.92 Å². The molecule has 34 heavy (non-hydrogen) atoms. The molecule has 3 aromatic rings. The molecule has 1 amide bonds. The molecule has 3 aromatic carbocycles. The summed E-state index contributed by atoms with van der Waals surface area (Å²) in [5, 5.41) is 0.849. The lowest BCUT2D eigenvalue weighted by molar-refractivity contribution is -0.113. The Bertz CT molecular complexity index is 1290. The quantitative estimate of drug-likeness (QED) is 0.231. The highest BCUT2D eigenvalue weighted by atomic mass is 35.5. The van der Waals surface area contributed by atoms with Crippen molar-refractivity contribution in [1.29, 1.82) is 0 Å². The van der Waals surface area contributed by atoms with E-state index in [0.29, 0.717) is 49.7 Å². The maximum atomic E-state index is 13.1. The van der Waals surface area contributed by atoms with Crippen molar-refractivity contribution < 1.29 is 14.3 Å². The van der Waals surface area contributed by atoms with Crippen LogP contribution in [0.4, 0.5) is 5.69 Å². The Morgan fingerprint density at radius 1 is 1.03 bits per heavy atom. The Labute approximate surface area is 218 Å². The molecule has 0 aliphatic carbocycles. The first-order valence-corrected chi connectivity index (χ1v) is 12.5. The third-order valence-electron chi connectivity index (χ3n) is 4.99. The fraction of sp³-hybridized carbons (Fsp3) is 0.154. The normalized spacial score (nSPS) is 14.7. The molecule has 4 nitrogen and oxygen atoms in total. The molecule has 0 N–H and O–H groups in total. The number of nitrogens with zero attached hydrogens (tertiary/aromatic N) is 1. The van der Waals surface area contributed by atoms with Crippen LogP contribution in [0.5, 0.6) is 11.5 Å². The zero-order chi connectivity index (χ0) is 24.2. The summed E-state index contributed by atoms with van der Waals surface area (Å²) in [6.07, 6.45) is 1.79. The van der Waals surface area contributed by atoms with Gasteiger partial charge in [-0.05, 0) is 61.4 Å². The summed E-state index contributed by atoms with van der Waals surface area (Å²) < 4.78 is 12.2. The van der Waals surface area contributed by atoms with Crippen molar-refractivity contribution in [2.45, 2.75) is 20.5 Å². The average Bonchev–Trinajstić information content (AvgIpc) is 3.06. The van der Waals surface area contributed by atoms with Gasteiger partial charge in [0.05, 0.1) is 22.2 Å². The van der Waals surface area contributed by atoms with Crippen LogP contribution in [0.1, 0.15) is 23.6 Å². The van der Waals surface area contributed by atoms with E-state index in [-0.39, 0.29) is 5.91 Å². The monoisotopic (exact) mass is 529 g/mol. The van der Waals surface area contributed by atoms with Gasteiger partial charge in [0, 0.05) is 5.02 Å². The van der Waals surface area contributed by atoms with Gasteiger partial charge in [0.1, 0.15) is 6.61 Å². The molecular weight excluding hydrogens is 509 g/mol. The Morgan fingerprint density at radius 2 is 1.85 bits per heavy atom. The lowest BCUT2D eigenvalue weighted by Crippen LogP contribution is -2.27. The molecule has 1 heterocycles. The molecule has 4 rings (SSSR count). The second-order valence-corrected chi connectivity index (χ2v) is 10.0. The number of thiocarbonyl (C=S) groups is 1. The van der Waals surface area contributed by atoms with E-state index in [1.54, 1.807) is 24.3 Å². The fourth-order valence-corrected chi connectivity index (χ4v) is 5.23. The molecule has 0 radical (unpaired) electrons. The van der Waals surface area contributed by atoms with Crippen LogP contribution < -0.4 is 14.4 Å². The fourth-order valence-electron chi connectivity index (χ4n) is 3.45. The van der Waals surface area contributed by atoms with E-state index in [0.717, 1.165) is 11.1 Å². The minimum Gasteiger partial charge on any atom is -0.490 e. The minimum absolute atomic E-state index is 0.239. The maximum absolute atomic E-state index is 13.1. The molecule has 1 aliphatic rings. The molecule has 8 heteroatoms. The van der Waals surface area contributed by atoms with Gasteiger partial charge in [0.25, 0.3) is 5.91 Å². The number of thioether (sulfide) groups is 1. The molecule has 1 saturated heterocycles. The van der Waals surface area contributed by atoms with Crippen molar-refractivity contribution >= 4 is 69.2 Å². The highest BCUT2D eigenvalue weighted by Crippen LogP contribution is 2.40. The average molecular weight is 530 g/mol. The van der Waals surface area contributed by atoms with Crippen molar-refractivity contribution in [3.8, 4) is 11.5 Å². The van der Waals surface area contributed by atoms with Gasteiger partial charge >= 0.3 is 0 Å². The molecule has 174 valence electrons. The standard InChI is InChI=1S/C26H21Cl2NO3S2/c1-3-31-23-12-17(7-10-22(23)32-15-18-6-4-5-16(2)11-18)13-24-25(30)29(26(33)34-24)21-9-8-19(27)14-20(21)28/h4-14H,3,15H2,1-2H3/b24-13+. The number of anilines is 1. The van der Waals surface area contributed by atoms with Gasteiger partial charge in [0.15, 0.2) is 15.8 Å². The largest absolute Gasteiger partial charge is 0.490 e. The van der Waals surface area contributed by atoms with E-state index in [1.165, 1.54) is 22.2 Å². The first kappa shape index (κ1) is 24.6. The summed E-state index contributed by atoms with van der Waals surface area (Å²) in [6, 6.07) is 18.7. The number of benzene rings is 3. The summed E-state index contributed by atoms with van der Waals surface area (Å²) in [6.45, 7) is 4.88. The van der Waals surface area contributed by atoms with Crippen LogP contribution in [0.3, 0.4) is 0 Å². The van der Waals surface area contributed by atoms with Gasteiger partial charge in [-0.3, -0.25) is 9.69 Å². The van der Waals surface area contributed by atoms with Crippen LogP contribution in [-0.2, 0) is 11.4 Å². The molecule has 0 atom stereocenters. The molecule has 0 aromatic heterocycles. The first-order chi connectivity index (χ1) is 16.4. The number of ether oxygens (including phenoxy) is 2. The molecule has 0 saturated carbocycles. The van der Waals surface area contributed by atoms with Gasteiger partial charge in [0.2, 0.25) is 0 Å². The third-order valence-corrected chi connectivity index (χ3v) is 6.83. The van der Waals surface area contributed by atoms with E-state index in [1.807, 2.05) is 50.2 Å². The highest BCUT2D eigenvalue weighted by molar-refractivity contribution is 8.27. The molecule has 0 unspecified atom stereocenters. The Hall–Kier alpha value is -2.51. The van der Waals surface area contributed by atoms with Gasteiger partial charge in [-0.15, -0.1) is 0 Å².